The van der Waals surface area contributed by atoms with Crippen molar-refractivity contribution in [3.05, 3.63) is 131 Å². The first-order chi connectivity index (χ1) is 19.2. The van der Waals surface area contributed by atoms with Gasteiger partial charge in [0.05, 0.1) is 36.8 Å². The fourth-order valence-electron chi connectivity index (χ4n) is 5.39. The molecular formula is C32H31N5O2. The first-order valence-electron chi connectivity index (χ1n) is 13.2. The van der Waals surface area contributed by atoms with Crippen LogP contribution in [0.15, 0.2) is 103 Å². The second-order valence-corrected chi connectivity index (χ2v) is 9.60. The Morgan fingerprint density at radius 3 is 2.49 bits per heavy atom. The fraction of sp³-hybridized carbons (Fsp3) is 0.188. The van der Waals surface area contributed by atoms with Gasteiger partial charge < -0.3 is 19.5 Å². The third-order valence-electron chi connectivity index (χ3n) is 7.26. The van der Waals surface area contributed by atoms with E-state index in [1.807, 2.05) is 82.4 Å². The van der Waals surface area contributed by atoms with Gasteiger partial charge in [-0.2, -0.15) is 5.10 Å². The molecule has 0 spiro atoms. The second-order valence-electron chi connectivity index (χ2n) is 9.60. The topological polar surface area (TPSA) is 64.3 Å². The first kappa shape index (κ1) is 24.6. The maximum absolute atomic E-state index is 14.0. The highest BCUT2D eigenvalue weighted by molar-refractivity contribution is 5.76. The Labute approximate surface area is 228 Å². The van der Waals surface area contributed by atoms with E-state index < -0.39 is 0 Å². The number of rotatable bonds is 6. The summed E-state index contributed by atoms with van der Waals surface area (Å²) in [6, 6.07) is 31.8. The van der Waals surface area contributed by atoms with Crippen LogP contribution in [0.4, 0.5) is 4.79 Å². The highest BCUT2D eigenvalue weighted by atomic mass is 16.5. The van der Waals surface area contributed by atoms with Gasteiger partial charge in [0.1, 0.15) is 11.6 Å². The smallest absolute Gasteiger partial charge is 0.318 e. The molecule has 3 heterocycles. The number of carbonyl (C=O) groups is 1. The molecule has 0 saturated heterocycles. The molecule has 1 N–H and O–H groups in total. The average Bonchev–Trinajstić information content (AvgIpc) is 3.58. The van der Waals surface area contributed by atoms with Crippen molar-refractivity contribution in [2.45, 2.75) is 32.5 Å². The lowest BCUT2D eigenvalue weighted by Crippen LogP contribution is -2.41. The number of amides is 2. The average molecular weight is 518 g/mol. The number of carbonyl (C=O) groups excluding carboxylic acids is 1. The highest BCUT2D eigenvalue weighted by Gasteiger charge is 2.36. The van der Waals surface area contributed by atoms with Crippen LogP contribution in [0.1, 0.15) is 41.0 Å². The van der Waals surface area contributed by atoms with E-state index in [-0.39, 0.29) is 12.1 Å². The molecule has 1 atom stereocenters. The molecule has 196 valence electrons. The molecule has 5 aromatic rings. The van der Waals surface area contributed by atoms with Crippen LogP contribution in [0.25, 0.3) is 11.5 Å². The van der Waals surface area contributed by atoms with Crippen molar-refractivity contribution < 1.29 is 9.53 Å². The maximum atomic E-state index is 14.0. The van der Waals surface area contributed by atoms with Gasteiger partial charge in [-0.1, -0.05) is 67.6 Å². The summed E-state index contributed by atoms with van der Waals surface area (Å²) in [4.78, 5) is 15.9. The Morgan fingerprint density at radius 1 is 0.974 bits per heavy atom. The summed E-state index contributed by atoms with van der Waals surface area (Å²) in [6.07, 6.45) is 2.81. The van der Waals surface area contributed by atoms with E-state index in [0.29, 0.717) is 13.1 Å². The summed E-state index contributed by atoms with van der Waals surface area (Å²) >= 11 is 0. The Kier molecular flexibility index (Phi) is 6.63. The van der Waals surface area contributed by atoms with E-state index in [0.717, 1.165) is 51.8 Å². The largest absolute Gasteiger partial charge is 0.497 e. The summed E-state index contributed by atoms with van der Waals surface area (Å²) < 4.78 is 9.76. The number of ether oxygens (including phenoxy) is 1. The van der Waals surface area contributed by atoms with Gasteiger partial charge in [-0.05, 0) is 53.9 Å². The number of nitrogens with zero attached hydrogens (tertiary/aromatic N) is 4. The summed E-state index contributed by atoms with van der Waals surface area (Å²) in [5.41, 5.74) is 6.00. The van der Waals surface area contributed by atoms with Gasteiger partial charge in [-0.15, -0.1) is 0 Å². The fourth-order valence-corrected chi connectivity index (χ4v) is 5.39. The summed E-state index contributed by atoms with van der Waals surface area (Å²) in [5.74, 6) is 1.71. The minimum Gasteiger partial charge on any atom is -0.497 e. The SMILES string of the molecule is CCc1nn(-c2ccccc2)c2c1CN(C(=O)NCc1ccccc1)[C@@H](c1cccc(OC)c1)c1cccn1-2. The van der Waals surface area contributed by atoms with Crippen molar-refractivity contribution in [3.63, 3.8) is 0 Å². The van der Waals surface area contributed by atoms with E-state index in [4.69, 9.17) is 9.84 Å². The Hall–Kier alpha value is -4.78. The van der Waals surface area contributed by atoms with Crippen molar-refractivity contribution in [1.82, 2.24) is 24.6 Å². The molecule has 0 aliphatic carbocycles. The second kappa shape index (κ2) is 10.5. The molecule has 0 fully saturated rings. The Morgan fingerprint density at radius 2 is 1.74 bits per heavy atom. The number of fused-ring (bicyclic) bond motifs is 3. The van der Waals surface area contributed by atoms with E-state index >= 15 is 0 Å². The molecule has 0 saturated carbocycles. The molecule has 0 unspecified atom stereocenters. The minimum absolute atomic E-state index is 0.137. The van der Waals surface area contributed by atoms with Crippen molar-refractivity contribution in [2.75, 3.05) is 7.11 Å². The lowest BCUT2D eigenvalue weighted by Gasteiger charge is -2.31. The molecule has 3 aromatic carbocycles. The number of hydrogen-bond acceptors (Lipinski definition) is 3. The van der Waals surface area contributed by atoms with Crippen LogP contribution < -0.4 is 10.1 Å². The summed E-state index contributed by atoms with van der Waals surface area (Å²) in [6.45, 7) is 2.97. The van der Waals surface area contributed by atoms with E-state index in [1.54, 1.807) is 7.11 Å². The first-order valence-corrected chi connectivity index (χ1v) is 13.2. The predicted octanol–water partition coefficient (Wildman–Crippen LogP) is 6.05. The normalized spacial score (nSPS) is 14.3. The van der Waals surface area contributed by atoms with Gasteiger partial charge in [0, 0.05) is 18.3 Å². The molecule has 1 aliphatic rings. The zero-order valence-corrected chi connectivity index (χ0v) is 22.1. The quantitative estimate of drug-likeness (QED) is 0.298. The number of aromatic nitrogens is 3. The number of para-hydroxylation sites is 1. The maximum Gasteiger partial charge on any atom is 0.318 e. The predicted molar refractivity (Wildman–Crippen MR) is 151 cm³/mol. The van der Waals surface area contributed by atoms with E-state index in [9.17, 15) is 4.79 Å². The third kappa shape index (κ3) is 4.56. The standard InChI is InChI=1S/C32H31N5O2/c1-3-28-27-22-36(32(38)33-21-23-12-6-4-7-13-23)30(24-14-10-17-26(20-24)39-2)29-18-11-19-35(29)31(27)37(34-28)25-15-8-5-9-16-25/h4-20,30H,3,21-22H2,1-2H3,(H,33,38)/t30-/m0/s1. The monoisotopic (exact) mass is 517 g/mol. The zero-order valence-electron chi connectivity index (χ0n) is 22.1. The molecule has 39 heavy (non-hydrogen) atoms. The number of aryl methyl sites for hydroxylation is 1. The van der Waals surface area contributed by atoms with Gasteiger partial charge in [0.15, 0.2) is 0 Å². The van der Waals surface area contributed by atoms with Crippen molar-refractivity contribution in [3.8, 4) is 17.3 Å². The number of methoxy groups -OCH3 is 1. The van der Waals surface area contributed by atoms with Crippen LogP contribution in [-0.2, 0) is 19.5 Å². The van der Waals surface area contributed by atoms with Crippen LogP contribution in [0.2, 0.25) is 0 Å². The summed E-state index contributed by atoms with van der Waals surface area (Å²) in [7, 11) is 1.66. The van der Waals surface area contributed by atoms with Crippen LogP contribution in [0.3, 0.4) is 0 Å². The number of nitrogens with one attached hydrogen (secondary N) is 1. The molecule has 6 rings (SSSR count). The van der Waals surface area contributed by atoms with Crippen LogP contribution in [0.5, 0.6) is 5.75 Å². The van der Waals surface area contributed by atoms with Crippen molar-refractivity contribution in [2.24, 2.45) is 0 Å². The molecular weight excluding hydrogens is 486 g/mol. The van der Waals surface area contributed by atoms with Gasteiger partial charge in [-0.3, -0.25) is 0 Å². The minimum atomic E-state index is -0.341. The lowest BCUT2D eigenvalue weighted by molar-refractivity contribution is 0.180. The van der Waals surface area contributed by atoms with E-state index in [2.05, 4.69) is 47.3 Å². The summed E-state index contributed by atoms with van der Waals surface area (Å²) in [5, 5.41) is 8.20. The number of benzene rings is 3. The number of urea groups is 1. The van der Waals surface area contributed by atoms with E-state index in [1.165, 1.54) is 0 Å². The van der Waals surface area contributed by atoms with Crippen molar-refractivity contribution in [1.29, 1.82) is 0 Å². The van der Waals surface area contributed by atoms with Crippen LogP contribution in [0, 0.1) is 0 Å². The molecule has 2 amide bonds. The van der Waals surface area contributed by atoms with Gasteiger partial charge in [0.2, 0.25) is 0 Å². The number of hydrogen-bond donors (Lipinski definition) is 1. The molecule has 2 aromatic heterocycles. The van der Waals surface area contributed by atoms with Gasteiger partial charge in [-0.25, -0.2) is 9.48 Å². The highest BCUT2D eigenvalue weighted by Crippen LogP contribution is 2.39. The third-order valence-corrected chi connectivity index (χ3v) is 7.26. The zero-order chi connectivity index (χ0) is 26.8. The molecule has 7 heteroatoms. The van der Waals surface area contributed by atoms with Crippen LogP contribution >= 0.6 is 0 Å². The molecule has 7 nitrogen and oxygen atoms in total. The van der Waals surface area contributed by atoms with Crippen LogP contribution in [-0.4, -0.2) is 32.4 Å². The Bertz CT molecular complexity index is 1590. The lowest BCUT2D eigenvalue weighted by atomic mass is 10.0. The molecule has 0 bridgehead atoms. The van der Waals surface area contributed by atoms with Gasteiger partial charge >= 0.3 is 6.03 Å². The molecule has 0 radical (unpaired) electrons. The molecule has 1 aliphatic heterocycles. The van der Waals surface area contributed by atoms with Crippen molar-refractivity contribution >= 4 is 6.03 Å². The van der Waals surface area contributed by atoms with Gasteiger partial charge in [0.25, 0.3) is 0 Å². The Balaban J connectivity index is 1.51.